The first-order valence-electron chi connectivity index (χ1n) is 11.8. The number of unbranched alkanes of at least 4 members (excludes halogenated alkanes) is 2. The summed E-state index contributed by atoms with van der Waals surface area (Å²) >= 11 is 5.38. The number of rotatable bonds is 8. The van der Waals surface area contributed by atoms with Gasteiger partial charge in [0.15, 0.2) is 5.11 Å². The topological polar surface area (TPSA) is 85.4 Å². The van der Waals surface area contributed by atoms with Crippen LogP contribution in [0.4, 0.5) is 5.95 Å². The summed E-state index contributed by atoms with van der Waals surface area (Å²) in [6, 6.07) is 2.34. The summed E-state index contributed by atoms with van der Waals surface area (Å²) in [5.41, 5.74) is 0. The minimum atomic E-state index is 0.275. The van der Waals surface area contributed by atoms with E-state index in [0.29, 0.717) is 18.4 Å². The largest absolute Gasteiger partial charge is 0.360 e. The maximum atomic E-state index is 12.5. The van der Waals surface area contributed by atoms with Crippen LogP contribution in [0.3, 0.4) is 0 Å². The number of piperazine rings is 1. The number of carbonyl (C=O) groups is 1. The van der Waals surface area contributed by atoms with Gasteiger partial charge in [-0.25, -0.2) is 9.97 Å². The number of nitrogens with one attached hydrogen (secondary N) is 3. The average molecular weight is 446 g/mol. The van der Waals surface area contributed by atoms with Gasteiger partial charge < -0.3 is 20.4 Å². The molecule has 1 saturated carbocycles. The smallest absolute Gasteiger partial charge is 0.225 e. The Kier molecular flexibility index (Phi) is 7.91. The zero-order chi connectivity index (χ0) is 21.5. The van der Waals surface area contributed by atoms with Crippen molar-refractivity contribution in [3.05, 3.63) is 18.5 Å². The number of hydrogen-bond acceptors (Lipinski definition) is 6. The summed E-state index contributed by atoms with van der Waals surface area (Å²) in [6.07, 6.45) is 12.6. The molecule has 8 nitrogen and oxygen atoms in total. The van der Waals surface area contributed by atoms with Crippen LogP contribution in [0.1, 0.15) is 51.4 Å². The fourth-order valence-electron chi connectivity index (χ4n) is 5.00. The van der Waals surface area contributed by atoms with Gasteiger partial charge in [0.05, 0.1) is 6.17 Å². The Morgan fingerprint density at radius 1 is 1.06 bits per heavy atom. The predicted molar refractivity (Wildman–Crippen MR) is 126 cm³/mol. The van der Waals surface area contributed by atoms with Crippen LogP contribution < -0.4 is 20.9 Å². The van der Waals surface area contributed by atoms with Gasteiger partial charge in [0.1, 0.15) is 0 Å². The number of carbonyl (C=O) groups excluding carboxylic acids is 1. The quantitative estimate of drug-likeness (QED) is 0.411. The van der Waals surface area contributed by atoms with Crippen molar-refractivity contribution >= 4 is 29.2 Å². The summed E-state index contributed by atoms with van der Waals surface area (Å²) < 4.78 is 0. The van der Waals surface area contributed by atoms with Gasteiger partial charge in [-0.2, -0.15) is 0 Å². The maximum Gasteiger partial charge on any atom is 0.225 e. The van der Waals surface area contributed by atoms with Crippen molar-refractivity contribution in [2.75, 3.05) is 37.6 Å². The fourth-order valence-corrected chi connectivity index (χ4v) is 5.28. The summed E-state index contributed by atoms with van der Waals surface area (Å²) in [6.45, 7) is 4.07. The summed E-state index contributed by atoms with van der Waals surface area (Å²) in [7, 11) is 0. The summed E-state index contributed by atoms with van der Waals surface area (Å²) in [5.74, 6) is 1.64. The molecule has 3 atom stereocenters. The molecule has 4 rings (SSSR count). The zero-order valence-corrected chi connectivity index (χ0v) is 19.1. The molecule has 2 aliphatic heterocycles. The van der Waals surface area contributed by atoms with Gasteiger partial charge in [0.2, 0.25) is 11.9 Å². The Morgan fingerprint density at radius 2 is 1.84 bits per heavy atom. The van der Waals surface area contributed by atoms with Crippen LogP contribution in [-0.4, -0.2) is 70.8 Å². The van der Waals surface area contributed by atoms with Gasteiger partial charge in [-0.3, -0.25) is 10.1 Å². The first-order chi connectivity index (χ1) is 15.2. The first-order valence-corrected chi connectivity index (χ1v) is 12.2. The monoisotopic (exact) mass is 445 g/mol. The molecule has 0 aromatic carbocycles. The van der Waals surface area contributed by atoms with Crippen LogP contribution in [0.2, 0.25) is 0 Å². The molecule has 9 heteroatoms. The van der Waals surface area contributed by atoms with Crippen molar-refractivity contribution in [3.63, 3.8) is 0 Å². The number of anilines is 1. The molecule has 170 valence electrons. The van der Waals surface area contributed by atoms with Gasteiger partial charge in [-0.05, 0) is 50.5 Å². The molecule has 3 unspecified atom stereocenters. The number of nitrogens with zero attached hydrogens (tertiary/aromatic N) is 4. The van der Waals surface area contributed by atoms with E-state index in [1.165, 1.54) is 25.7 Å². The van der Waals surface area contributed by atoms with Crippen LogP contribution in [-0.2, 0) is 4.79 Å². The van der Waals surface area contributed by atoms with E-state index < -0.39 is 0 Å². The van der Waals surface area contributed by atoms with Gasteiger partial charge in [0.25, 0.3) is 0 Å². The van der Waals surface area contributed by atoms with Crippen LogP contribution in [0.15, 0.2) is 18.5 Å². The van der Waals surface area contributed by atoms with Crippen molar-refractivity contribution in [1.29, 1.82) is 0 Å². The molecule has 1 aromatic rings. The summed E-state index contributed by atoms with van der Waals surface area (Å²) in [4.78, 5) is 25.3. The Balaban J connectivity index is 1.09. The van der Waals surface area contributed by atoms with Gasteiger partial charge >= 0.3 is 0 Å². The number of amides is 1. The van der Waals surface area contributed by atoms with Gasteiger partial charge in [-0.15, -0.1) is 0 Å². The number of thiocarbonyl (C=S) groups is 1. The highest BCUT2D eigenvalue weighted by Crippen LogP contribution is 2.28. The Labute approximate surface area is 190 Å². The maximum absolute atomic E-state index is 12.5. The van der Waals surface area contributed by atoms with Crippen LogP contribution in [0.5, 0.6) is 0 Å². The second-order valence-corrected chi connectivity index (χ2v) is 9.24. The van der Waals surface area contributed by atoms with E-state index in [1.807, 2.05) is 11.0 Å². The normalized spacial score (nSPS) is 26.1. The Morgan fingerprint density at radius 3 is 2.65 bits per heavy atom. The molecular weight excluding hydrogens is 410 g/mol. The molecule has 0 spiro atoms. The van der Waals surface area contributed by atoms with Gasteiger partial charge in [0, 0.05) is 57.0 Å². The lowest BCUT2D eigenvalue weighted by atomic mass is 9.81. The minimum Gasteiger partial charge on any atom is -0.360 e. The van der Waals surface area contributed by atoms with Crippen LogP contribution >= 0.6 is 12.2 Å². The molecule has 0 bridgehead atoms. The SMILES string of the molecule is O=C(CCCCCNC1NC(=S)NC2CCCCC21)N1CCN(c2ncccn2)CC1. The highest BCUT2D eigenvalue weighted by Gasteiger charge is 2.36. The van der Waals surface area contributed by atoms with E-state index >= 15 is 0 Å². The van der Waals surface area contributed by atoms with Gasteiger partial charge in [-0.1, -0.05) is 19.3 Å². The lowest BCUT2D eigenvalue weighted by Gasteiger charge is -2.43. The minimum absolute atomic E-state index is 0.275. The molecular formula is C22H35N7OS. The third-order valence-electron chi connectivity index (χ3n) is 6.75. The van der Waals surface area contributed by atoms with Crippen molar-refractivity contribution < 1.29 is 4.79 Å². The van der Waals surface area contributed by atoms with Crippen molar-refractivity contribution in [1.82, 2.24) is 30.8 Å². The van der Waals surface area contributed by atoms with E-state index in [1.54, 1.807) is 12.4 Å². The molecule has 1 aliphatic carbocycles. The third-order valence-corrected chi connectivity index (χ3v) is 6.99. The van der Waals surface area contributed by atoms with Crippen molar-refractivity contribution in [3.8, 4) is 0 Å². The van der Waals surface area contributed by atoms with Crippen molar-refractivity contribution in [2.24, 2.45) is 5.92 Å². The van der Waals surface area contributed by atoms with E-state index in [-0.39, 0.29) is 12.1 Å². The Bertz CT molecular complexity index is 726. The lowest BCUT2D eigenvalue weighted by Crippen LogP contribution is -2.65. The molecule has 3 heterocycles. The summed E-state index contributed by atoms with van der Waals surface area (Å²) in [5, 5.41) is 11.3. The lowest BCUT2D eigenvalue weighted by molar-refractivity contribution is -0.131. The number of aromatic nitrogens is 2. The van der Waals surface area contributed by atoms with Crippen molar-refractivity contribution in [2.45, 2.75) is 63.6 Å². The third kappa shape index (κ3) is 6.04. The second kappa shape index (κ2) is 11.0. The molecule has 3 fully saturated rings. The molecule has 0 radical (unpaired) electrons. The zero-order valence-electron chi connectivity index (χ0n) is 18.3. The first kappa shape index (κ1) is 22.2. The molecule has 2 saturated heterocycles. The van der Waals surface area contributed by atoms with E-state index in [9.17, 15) is 4.79 Å². The molecule has 1 amide bonds. The van der Waals surface area contributed by atoms with E-state index in [4.69, 9.17) is 12.2 Å². The highest BCUT2D eigenvalue weighted by molar-refractivity contribution is 7.80. The van der Waals surface area contributed by atoms with E-state index in [2.05, 4.69) is 30.8 Å². The number of fused-ring (bicyclic) bond motifs is 1. The second-order valence-electron chi connectivity index (χ2n) is 8.83. The number of hydrogen-bond donors (Lipinski definition) is 3. The molecule has 31 heavy (non-hydrogen) atoms. The molecule has 3 aliphatic rings. The molecule has 3 N–H and O–H groups in total. The fraction of sp³-hybridized carbons (Fsp3) is 0.727. The van der Waals surface area contributed by atoms with Crippen LogP contribution in [0.25, 0.3) is 0 Å². The molecule has 1 aromatic heterocycles. The highest BCUT2D eigenvalue weighted by atomic mass is 32.1. The van der Waals surface area contributed by atoms with E-state index in [0.717, 1.165) is 63.0 Å². The van der Waals surface area contributed by atoms with Crippen LogP contribution in [0, 0.1) is 5.92 Å². The standard InChI is InChI=1S/C22H35N7OS/c30-19(28-13-15-29(16-14-28)21-24-11-6-12-25-21)9-2-1-5-10-23-20-17-7-3-4-8-18(17)26-22(31)27-20/h6,11-12,17-18,20,23H,1-5,7-10,13-16H2,(H2,26,27,31). The average Bonchev–Trinajstić information content (AvgIpc) is 2.81. The Hall–Kier alpha value is -2.00. The predicted octanol–water partition coefficient (Wildman–Crippen LogP) is 1.64.